The van der Waals surface area contributed by atoms with Crippen molar-refractivity contribution in [3.05, 3.63) is 35.9 Å². The molecule has 1 N–H and O–H groups in total. The molecule has 1 aromatic carbocycles. The molecule has 1 aromatic heterocycles. The highest BCUT2D eigenvalue weighted by molar-refractivity contribution is 7.17. The van der Waals surface area contributed by atoms with Gasteiger partial charge in [-0.1, -0.05) is 35.4 Å². The van der Waals surface area contributed by atoms with Crippen molar-refractivity contribution >= 4 is 22.5 Å². The summed E-state index contributed by atoms with van der Waals surface area (Å²) >= 11 is 1.19. The lowest BCUT2D eigenvalue weighted by Crippen LogP contribution is -2.34. The number of urea groups is 1. The quantitative estimate of drug-likeness (QED) is 0.919. The van der Waals surface area contributed by atoms with Gasteiger partial charge in [-0.15, -0.1) is 5.10 Å². The summed E-state index contributed by atoms with van der Waals surface area (Å²) in [6, 6.07) is 9.64. The van der Waals surface area contributed by atoms with E-state index in [0.29, 0.717) is 23.4 Å². The molecule has 0 saturated carbocycles. The SMILES string of the molecule is CCN(Cc1ccccc1)C(=O)Nc1nnc(OC)s1. The van der Waals surface area contributed by atoms with Gasteiger partial charge >= 0.3 is 6.03 Å². The maximum absolute atomic E-state index is 12.2. The second kappa shape index (κ2) is 6.85. The van der Waals surface area contributed by atoms with Crippen molar-refractivity contribution in [2.45, 2.75) is 13.5 Å². The van der Waals surface area contributed by atoms with Gasteiger partial charge in [0, 0.05) is 13.1 Å². The number of hydrogen-bond donors (Lipinski definition) is 1. The lowest BCUT2D eigenvalue weighted by Gasteiger charge is -2.20. The van der Waals surface area contributed by atoms with Gasteiger partial charge in [-0.3, -0.25) is 5.32 Å². The number of carbonyl (C=O) groups is 1. The number of anilines is 1. The Balaban J connectivity index is 1.98. The van der Waals surface area contributed by atoms with Crippen LogP contribution < -0.4 is 10.1 Å². The van der Waals surface area contributed by atoms with Gasteiger partial charge in [0.2, 0.25) is 5.13 Å². The third kappa shape index (κ3) is 3.67. The fourth-order valence-corrected chi connectivity index (χ4v) is 2.19. The van der Waals surface area contributed by atoms with Gasteiger partial charge in [0.15, 0.2) is 0 Å². The van der Waals surface area contributed by atoms with E-state index in [1.807, 2.05) is 37.3 Å². The van der Waals surface area contributed by atoms with Gasteiger partial charge in [-0.05, 0) is 23.8 Å². The number of hydrogen-bond acceptors (Lipinski definition) is 5. The van der Waals surface area contributed by atoms with Crippen LogP contribution in [0, 0.1) is 0 Å². The molecule has 7 heteroatoms. The van der Waals surface area contributed by atoms with E-state index in [4.69, 9.17) is 4.74 Å². The predicted octanol–water partition coefficient (Wildman–Crippen LogP) is 2.60. The molecule has 0 aliphatic rings. The summed E-state index contributed by atoms with van der Waals surface area (Å²) in [5.74, 6) is 0. The molecule has 0 spiro atoms. The first kappa shape index (κ1) is 14.3. The zero-order valence-corrected chi connectivity index (χ0v) is 12.2. The van der Waals surface area contributed by atoms with E-state index in [0.717, 1.165) is 5.56 Å². The molecular weight excluding hydrogens is 276 g/mol. The minimum atomic E-state index is -0.199. The molecule has 0 saturated heterocycles. The molecule has 0 aliphatic heterocycles. The number of ether oxygens (including phenoxy) is 1. The average molecular weight is 292 g/mol. The monoisotopic (exact) mass is 292 g/mol. The van der Waals surface area contributed by atoms with Gasteiger partial charge in [0.25, 0.3) is 5.19 Å². The molecule has 0 aliphatic carbocycles. The predicted molar refractivity (Wildman–Crippen MR) is 78.0 cm³/mol. The van der Waals surface area contributed by atoms with Crippen LogP contribution in [0.15, 0.2) is 30.3 Å². The van der Waals surface area contributed by atoms with E-state index in [1.165, 1.54) is 18.4 Å². The first-order chi connectivity index (χ1) is 9.72. The van der Waals surface area contributed by atoms with Crippen molar-refractivity contribution in [1.82, 2.24) is 15.1 Å². The van der Waals surface area contributed by atoms with Crippen molar-refractivity contribution in [3.63, 3.8) is 0 Å². The van der Waals surface area contributed by atoms with E-state index in [2.05, 4.69) is 15.5 Å². The minimum Gasteiger partial charge on any atom is -0.472 e. The first-order valence-corrected chi connectivity index (χ1v) is 7.02. The normalized spacial score (nSPS) is 10.1. The van der Waals surface area contributed by atoms with Crippen LogP contribution >= 0.6 is 11.3 Å². The van der Waals surface area contributed by atoms with Crippen molar-refractivity contribution in [2.24, 2.45) is 0 Å². The maximum Gasteiger partial charge on any atom is 0.323 e. The molecule has 20 heavy (non-hydrogen) atoms. The summed E-state index contributed by atoms with van der Waals surface area (Å²) in [5, 5.41) is 11.2. The Morgan fingerprint density at radius 3 is 2.70 bits per heavy atom. The Morgan fingerprint density at radius 1 is 1.35 bits per heavy atom. The lowest BCUT2D eigenvalue weighted by atomic mass is 10.2. The molecule has 0 radical (unpaired) electrons. The Hall–Kier alpha value is -2.15. The summed E-state index contributed by atoms with van der Waals surface area (Å²) in [6.45, 7) is 3.10. The molecule has 2 aromatic rings. The lowest BCUT2D eigenvalue weighted by molar-refractivity contribution is 0.212. The molecule has 106 valence electrons. The highest BCUT2D eigenvalue weighted by Crippen LogP contribution is 2.21. The minimum absolute atomic E-state index is 0.199. The molecule has 2 rings (SSSR count). The molecule has 0 atom stereocenters. The van der Waals surface area contributed by atoms with Crippen LogP contribution in [0.1, 0.15) is 12.5 Å². The molecule has 2 amide bonds. The first-order valence-electron chi connectivity index (χ1n) is 6.20. The molecule has 6 nitrogen and oxygen atoms in total. The van der Waals surface area contributed by atoms with E-state index >= 15 is 0 Å². The topological polar surface area (TPSA) is 67.4 Å². The van der Waals surface area contributed by atoms with Crippen molar-refractivity contribution in [1.29, 1.82) is 0 Å². The Bertz CT molecular complexity index is 559. The van der Waals surface area contributed by atoms with Crippen LogP contribution in [0.2, 0.25) is 0 Å². The van der Waals surface area contributed by atoms with Crippen molar-refractivity contribution in [2.75, 3.05) is 19.0 Å². The number of methoxy groups -OCH3 is 1. The number of nitrogens with one attached hydrogen (secondary N) is 1. The molecule has 0 unspecified atom stereocenters. The number of carbonyl (C=O) groups excluding carboxylic acids is 1. The largest absolute Gasteiger partial charge is 0.472 e. The van der Waals surface area contributed by atoms with E-state index < -0.39 is 0 Å². The third-order valence-corrected chi connectivity index (χ3v) is 3.48. The highest BCUT2D eigenvalue weighted by Gasteiger charge is 2.14. The Labute approximate surface area is 121 Å². The van der Waals surface area contributed by atoms with Crippen molar-refractivity contribution < 1.29 is 9.53 Å². The number of nitrogens with zero attached hydrogens (tertiary/aromatic N) is 3. The van der Waals surface area contributed by atoms with E-state index in [1.54, 1.807) is 4.90 Å². The van der Waals surface area contributed by atoms with Gasteiger partial charge < -0.3 is 9.64 Å². The van der Waals surface area contributed by atoms with Gasteiger partial charge in [-0.2, -0.15) is 0 Å². The Morgan fingerprint density at radius 2 is 2.10 bits per heavy atom. The van der Waals surface area contributed by atoms with Crippen LogP contribution in [0.3, 0.4) is 0 Å². The molecule has 0 bridgehead atoms. The summed E-state index contributed by atoms with van der Waals surface area (Å²) in [7, 11) is 1.51. The summed E-state index contributed by atoms with van der Waals surface area (Å²) in [6.07, 6.45) is 0. The number of benzene rings is 1. The summed E-state index contributed by atoms with van der Waals surface area (Å²) < 4.78 is 4.94. The van der Waals surface area contributed by atoms with E-state index in [9.17, 15) is 4.79 Å². The smallest absolute Gasteiger partial charge is 0.323 e. The average Bonchev–Trinajstić information content (AvgIpc) is 2.93. The molecule has 1 heterocycles. The van der Waals surface area contributed by atoms with Crippen molar-refractivity contribution in [3.8, 4) is 5.19 Å². The van der Waals surface area contributed by atoms with Gasteiger partial charge in [-0.25, -0.2) is 4.79 Å². The molecular formula is C13H16N4O2S. The molecule has 0 fully saturated rings. The zero-order valence-electron chi connectivity index (χ0n) is 11.4. The van der Waals surface area contributed by atoms with Crippen LogP contribution in [0.25, 0.3) is 0 Å². The van der Waals surface area contributed by atoms with Gasteiger partial charge in [0.1, 0.15) is 0 Å². The van der Waals surface area contributed by atoms with Crippen LogP contribution in [0.4, 0.5) is 9.93 Å². The van der Waals surface area contributed by atoms with Crippen LogP contribution in [-0.2, 0) is 6.54 Å². The highest BCUT2D eigenvalue weighted by atomic mass is 32.1. The fourth-order valence-electron chi connectivity index (χ4n) is 1.64. The van der Waals surface area contributed by atoms with E-state index in [-0.39, 0.29) is 6.03 Å². The summed E-state index contributed by atoms with van der Waals surface area (Å²) in [4.78, 5) is 13.9. The summed E-state index contributed by atoms with van der Waals surface area (Å²) in [5.41, 5.74) is 1.08. The second-order valence-electron chi connectivity index (χ2n) is 4.01. The number of rotatable bonds is 5. The maximum atomic E-state index is 12.2. The third-order valence-electron chi connectivity index (χ3n) is 2.68. The Kier molecular flexibility index (Phi) is 4.89. The van der Waals surface area contributed by atoms with Crippen LogP contribution in [-0.4, -0.2) is 34.8 Å². The zero-order chi connectivity index (χ0) is 14.4. The fraction of sp³-hybridized carbons (Fsp3) is 0.308. The standard InChI is InChI=1S/C13H16N4O2S/c1-3-17(9-10-7-5-4-6-8-10)12(18)14-11-15-16-13(19-2)20-11/h4-8H,3,9H2,1-2H3,(H,14,15,18). The number of aromatic nitrogens is 2. The number of amides is 2. The van der Waals surface area contributed by atoms with Gasteiger partial charge in [0.05, 0.1) is 7.11 Å². The van der Waals surface area contributed by atoms with Crippen LogP contribution in [0.5, 0.6) is 5.19 Å². The second-order valence-corrected chi connectivity index (χ2v) is 4.95.